The number of amides is 1. The number of hydrogen-bond acceptors (Lipinski definition) is 2. The van der Waals surface area contributed by atoms with E-state index in [1.54, 1.807) is 0 Å². The molecule has 18 heavy (non-hydrogen) atoms. The quantitative estimate of drug-likeness (QED) is 0.741. The molecule has 3 heteroatoms. The summed E-state index contributed by atoms with van der Waals surface area (Å²) in [5, 5.41) is 0. The van der Waals surface area contributed by atoms with Gasteiger partial charge in [-0.05, 0) is 44.1 Å². The van der Waals surface area contributed by atoms with Crippen molar-refractivity contribution in [2.45, 2.75) is 65.2 Å². The Morgan fingerprint density at radius 2 is 1.83 bits per heavy atom. The van der Waals surface area contributed by atoms with Crippen LogP contribution in [-0.4, -0.2) is 30.4 Å². The first-order valence-corrected chi connectivity index (χ1v) is 7.53. The predicted molar refractivity (Wildman–Crippen MR) is 76.4 cm³/mol. The number of unbranched alkanes of at least 4 members (excludes halogenated alkanes) is 3. The summed E-state index contributed by atoms with van der Waals surface area (Å²) < 4.78 is 0. The summed E-state index contributed by atoms with van der Waals surface area (Å²) in [5.74, 6) is 0.362. The predicted octanol–water partition coefficient (Wildman–Crippen LogP) is 2.93. The van der Waals surface area contributed by atoms with Crippen molar-refractivity contribution >= 4 is 5.91 Å². The Hall–Kier alpha value is -0.570. The van der Waals surface area contributed by atoms with Crippen molar-refractivity contribution < 1.29 is 4.79 Å². The molecule has 0 spiro atoms. The Labute approximate surface area is 112 Å². The average Bonchev–Trinajstić information content (AvgIpc) is 2.50. The Morgan fingerprint density at radius 1 is 1.11 bits per heavy atom. The van der Waals surface area contributed by atoms with Gasteiger partial charge in [-0.2, -0.15) is 0 Å². The van der Waals surface area contributed by atoms with Gasteiger partial charge in [0.05, 0.1) is 0 Å². The third-order valence-corrected chi connectivity index (χ3v) is 4.04. The number of rotatable bonds is 6. The maximum absolute atomic E-state index is 12.1. The number of carbonyl (C=O) groups is 1. The highest BCUT2D eigenvalue weighted by Crippen LogP contribution is 2.29. The highest BCUT2D eigenvalue weighted by atomic mass is 16.2. The van der Waals surface area contributed by atoms with Gasteiger partial charge in [0.1, 0.15) is 0 Å². The van der Waals surface area contributed by atoms with Crippen LogP contribution >= 0.6 is 0 Å². The van der Waals surface area contributed by atoms with Gasteiger partial charge in [0.15, 0.2) is 0 Å². The summed E-state index contributed by atoms with van der Waals surface area (Å²) in [6.07, 6.45) is 8.69. The molecule has 1 rings (SSSR count). The van der Waals surface area contributed by atoms with Crippen molar-refractivity contribution in [3.05, 3.63) is 0 Å². The van der Waals surface area contributed by atoms with Crippen molar-refractivity contribution in [3.63, 3.8) is 0 Å². The second-order valence-corrected chi connectivity index (χ2v) is 6.35. The van der Waals surface area contributed by atoms with Crippen LogP contribution in [0.15, 0.2) is 0 Å². The minimum atomic E-state index is 0.362. The van der Waals surface area contributed by atoms with Crippen molar-refractivity contribution in [2.24, 2.45) is 11.1 Å². The van der Waals surface area contributed by atoms with Crippen LogP contribution in [0.25, 0.3) is 0 Å². The summed E-state index contributed by atoms with van der Waals surface area (Å²) in [6, 6.07) is 0. The Bertz CT molecular complexity index is 251. The molecule has 0 bridgehead atoms. The average molecular weight is 254 g/mol. The first kappa shape index (κ1) is 15.5. The topological polar surface area (TPSA) is 46.3 Å². The second-order valence-electron chi connectivity index (χ2n) is 6.35. The number of nitrogens with two attached hydrogens (primary N) is 1. The molecule has 0 aromatic heterocycles. The SMILES string of the molecule is CC1(C)CCCN(C(=O)CCCCCCN)CC1. The maximum Gasteiger partial charge on any atom is 0.222 e. The van der Waals surface area contributed by atoms with Crippen LogP contribution < -0.4 is 5.73 Å². The molecule has 1 heterocycles. The van der Waals surface area contributed by atoms with Gasteiger partial charge in [0.2, 0.25) is 5.91 Å². The molecule has 2 N–H and O–H groups in total. The van der Waals surface area contributed by atoms with Crippen molar-refractivity contribution in [1.82, 2.24) is 4.90 Å². The van der Waals surface area contributed by atoms with Gasteiger partial charge < -0.3 is 10.6 Å². The molecule has 1 aliphatic heterocycles. The first-order chi connectivity index (χ1) is 8.55. The molecule has 106 valence electrons. The molecule has 0 aromatic carbocycles. The molecule has 1 saturated heterocycles. The normalized spacial score (nSPS) is 19.6. The third-order valence-electron chi connectivity index (χ3n) is 4.04. The zero-order valence-electron chi connectivity index (χ0n) is 12.2. The van der Waals surface area contributed by atoms with Crippen molar-refractivity contribution in [3.8, 4) is 0 Å². The van der Waals surface area contributed by atoms with Gasteiger partial charge in [-0.15, -0.1) is 0 Å². The highest BCUT2D eigenvalue weighted by molar-refractivity contribution is 5.76. The van der Waals surface area contributed by atoms with Crippen LogP contribution in [0.4, 0.5) is 0 Å². The number of nitrogens with zero attached hydrogens (tertiary/aromatic N) is 1. The number of hydrogen-bond donors (Lipinski definition) is 1. The fraction of sp³-hybridized carbons (Fsp3) is 0.933. The molecule has 1 aliphatic rings. The van der Waals surface area contributed by atoms with E-state index in [1.165, 1.54) is 6.42 Å². The summed E-state index contributed by atoms with van der Waals surface area (Å²) in [7, 11) is 0. The standard InChI is InChI=1S/C15H30N2O/c1-15(2)9-7-12-17(13-10-15)14(18)8-5-3-4-6-11-16/h3-13,16H2,1-2H3. The molecule has 0 aliphatic carbocycles. The van der Waals surface area contributed by atoms with Gasteiger partial charge in [-0.25, -0.2) is 0 Å². The fourth-order valence-electron chi connectivity index (χ4n) is 2.60. The Kier molecular flexibility index (Phi) is 6.69. The van der Waals surface area contributed by atoms with Crippen LogP contribution in [0.1, 0.15) is 65.2 Å². The van der Waals surface area contributed by atoms with Crippen molar-refractivity contribution in [1.29, 1.82) is 0 Å². The van der Waals surface area contributed by atoms with E-state index in [9.17, 15) is 4.79 Å². The maximum atomic E-state index is 12.1. The van der Waals surface area contributed by atoms with E-state index in [0.29, 0.717) is 11.3 Å². The number of carbonyl (C=O) groups excluding carboxylic acids is 1. The molecule has 0 atom stereocenters. The number of likely N-dealkylation sites (tertiary alicyclic amines) is 1. The molecule has 0 radical (unpaired) electrons. The summed E-state index contributed by atoms with van der Waals surface area (Å²) in [5.41, 5.74) is 5.87. The Morgan fingerprint density at radius 3 is 2.56 bits per heavy atom. The minimum Gasteiger partial charge on any atom is -0.343 e. The zero-order chi connectivity index (χ0) is 13.4. The smallest absolute Gasteiger partial charge is 0.222 e. The molecule has 0 unspecified atom stereocenters. The lowest BCUT2D eigenvalue weighted by Crippen LogP contribution is -2.32. The molecule has 1 fully saturated rings. The van der Waals surface area contributed by atoms with Crippen molar-refractivity contribution in [2.75, 3.05) is 19.6 Å². The highest BCUT2D eigenvalue weighted by Gasteiger charge is 2.24. The monoisotopic (exact) mass is 254 g/mol. The van der Waals surface area contributed by atoms with Crippen LogP contribution in [0.3, 0.4) is 0 Å². The lowest BCUT2D eigenvalue weighted by molar-refractivity contribution is -0.131. The summed E-state index contributed by atoms with van der Waals surface area (Å²) in [4.78, 5) is 14.2. The van der Waals surface area contributed by atoms with E-state index in [1.807, 2.05) is 0 Å². The zero-order valence-corrected chi connectivity index (χ0v) is 12.2. The van der Waals surface area contributed by atoms with E-state index in [0.717, 1.165) is 64.6 Å². The van der Waals surface area contributed by atoms with Gasteiger partial charge in [-0.3, -0.25) is 4.79 Å². The summed E-state index contributed by atoms with van der Waals surface area (Å²) >= 11 is 0. The van der Waals surface area contributed by atoms with E-state index in [-0.39, 0.29) is 0 Å². The van der Waals surface area contributed by atoms with Gasteiger partial charge in [0, 0.05) is 19.5 Å². The molecule has 3 nitrogen and oxygen atoms in total. The molecule has 1 amide bonds. The van der Waals surface area contributed by atoms with Crippen LogP contribution in [0.5, 0.6) is 0 Å². The lowest BCUT2D eigenvalue weighted by Gasteiger charge is -2.23. The summed E-state index contributed by atoms with van der Waals surface area (Å²) in [6.45, 7) is 7.32. The fourth-order valence-corrected chi connectivity index (χ4v) is 2.60. The first-order valence-electron chi connectivity index (χ1n) is 7.53. The molecular formula is C15H30N2O. The van der Waals surface area contributed by atoms with E-state index >= 15 is 0 Å². The minimum absolute atomic E-state index is 0.362. The van der Waals surface area contributed by atoms with Gasteiger partial charge in [0.25, 0.3) is 0 Å². The second kappa shape index (κ2) is 7.78. The molecular weight excluding hydrogens is 224 g/mol. The third kappa shape index (κ3) is 5.85. The van der Waals surface area contributed by atoms with Crippen LogP contribution in [-0.2, 0) is 4.79 Å². The van der Waals surface area contributed by atoms with Gasteiger partial charge >= 0.3 is 0 Å². The Balaban J connectivity index is 2.21. The van der Waals surface area contributed by atoms with E-state index in [2.05, 4.69) is 18.7 Å². The van der Waals surface area contributed by atoms with Gasteiger partial charge in [-0.1, -0.05) is 26.7 Å². The van der Waals surface area contributed by atoms with Crippen LogP contribution in [0.2, 0.25) is 0 Å². The lowest BCUT2D eigenvalue weighted by atomic mass is 9.85. The van der Waals surface area contributed by atoms with E-state index < -0.39 is 0 Å². The van der Waals surface area contributed by atoms with Crippen LogP contribution in [0, 0.1) is 5.41 Å². The van der Waals surface area contributed by atoms with E-state index in [4.69, 9.17) is 5.73 Å². The molecule has 0 aromatic rings. The largest absolute Gasteiger partial charge is 0.343 e. The molecule has 0 saturated carbocycles.